The Hall–Kier alpha value is 0.00688. The third kappa shape index (κ3) is 7.44. The van der Waals surface area contributed by atoms with Gasteiger partial charge < -0.3 is 4.43 Å². The fraction of sp³-hybridized carbons (Fsp3) is 0.571. The Morgan fingerprint density at radius 3 is 2.33 bits per heavy atom. The summed E-state index contributed by atoms with van der Waals surface area (Å²) in [7, 11) is 0. The van der Waals surface area contributed by atoms with Crippen molar-refractivity contribution in [2.24, 2.45) is 0 Å². The highest BCUT2D eigenvalue weighted by Crippen LogP contribution is 2.29. The molecule has 0 aliphatic carbocycles. The molecule has 0 heterocycles. The number of unbranched alkanes of at least 4 members (excludes halogenated alkanes) is 5. The van der Waals surface area contributed by atoms with Crippen LogP contribution in [0.15, 0.2) is 30.3 Å². The highest BCUT2D eigenvalue weighted by atomic mass is 79.9. The molecule has 0 amide bonds. The summed E-state index contributed by atoms with van der Waals surface area (Å²) in [5, 5.41) is 0. The molecule has 0 aliphatic heterocycles. The topological polar surface area (TPSA) is 9.23 Å². The fourth-order valence-electron chi connectivity index (χ4n) is 1.82. The lowest BCUT2D eigenvalue weighted by Crippen LogP contribution is -2.27. The Bertz CT molecular complexity index is 319. The maximum Gasteiger partial charge on any atom is 0.421 e. The maximum absolute atomic E-state index is 6.44. The molecule has 1 rings (SSSR count). The number of hydrogen-bond donors (Lipinski definition) is 0. The van der Waals surface area contributed by atoms with Crippen molar-refractivity contribution in [2.45, 2.75) is 51.5 Å². The van der Waals surface area contributed by atoms with Gasteiger partial charge in [-0.15, -0.1) is 11.1 Å². The monoisotopic (exact) mass is 348 g/mol. The first kappa shape index (κ1) is 16.1. The molecule has 1 aromatic carbocycles. The number of rotatable bonds is 9. The lowest BCUT2D eigenvalue weighted by Gasteiger charge is -2.19. The van der Waals surface area contributed by atoms with Crippen LogP contribution >= 0.6 is 26.4 Å². The van der Waals surface area contributed by atoms with Gasteiger partial charge in [0.15, 0.2) is 0 Å². The minimum absolute atomic E-state index is 0.863. The summed E-state index contributed by atoms with van der Waals surface area (Å²) in [5.41, 5.74) is 0. The number of para-hydroxylation sites is 1. The van der Waals surface area contributed by atoms with Crippen LogP contribution in [0.2, 0.25) is 6.04 Å². The summed E-state index contributed by atoms with van der Waals surface area (Å²) in [6.45, 7) is 2.24. The van der Waals surface area contributed by atoms with Crippen molar-refractivity contribution in [3.05, 3.63) is 30.3 Å². The van der Waals surface area contributed by atoms with E-state index in [0.29, 0.717) is 0 Å². The Kier molecular flexibility index (Phi) is 8.03. The first-order chi connectivity index (χ1) is 8.64. The number of hydrogen-bond acceptors (Lipinski definition) is 1. The highest BCUT2D eigenvalue weighted by Gasteiger charge is 2.30. The van der Waals surface area contributed by atoms with E-state index in [1.165, 1.54) is 32.1 Å². The second kappa shape index (κ2) is 9.00. The molecule has 102 valence electrons. The van der Waals surface area contributed by atoms with Crippen molar-refractivity contribution in [1.29, 1.82) is 0 Å². The third-order valence-electron chi connectivity index (χ3n) is 2.83. The Morgan fingerprint density at radius 1 is 1.06 bits per heavy atom. The van der Waals surface area contributed by atoms with E-state index in [9.17, 15) is 0 Å². The summed E-state index contributed by atoms with van der Waals surface area (Å²) in [5.74, 6) is 0.863. The van der Waals surface area contributed by atoms with E-state index in [2.05, 4.69) is 22.2 Å². The van der Waals surface area contributed by atoms with Crippen LogP contribution < -0.4 is 4.43 Å². The van der Waals surface area contributed by atoms with Gasteiger partial charge in [-0.1, -0.05) is 78.9 Å². The van der Waals surface area contributed by atoms with Gasteiger partial charge >= 0.3 is 6.25 Å². The van der Waals surface area contributed by atoms with Crippen molar-refractivity contribution < 1.29 is 4.43 Å². The largest absolute Gasteiger partial charge is 0.521 e. The van der Waals surface area contributed by atoms with Crippen molar-refractivity contribution in [1.82, 2.24) is 0 Å². The van der Waals surface area contributed by atoms with Crippen LogP contribution in [0.3, 0.4) is 0 Å². The molecule has 0 saturated carbocycles. The van der Waals surface area contributed by atoms with Crippen molar-refractivity contribution in [3.63, 3.8) is 0 Å². The normalized spacial score (nSPS) is 14.2. The van der Waals surface area contributed by atoms with E-state index in [0.717, 1.165) is 18.2 Å². The summed E-state index contributed by atoms with van der Waals surface area (Å²) in [6.07, 6.45) is 5.47. The molecule has 0 fully saturated rings. The molecule has 1 unspecified atom stereocenters. The van der Waals surface area contributed by atoms with Gasteiger partial charge in [0.25, 0.3) is 0 Å². The van der Waals surface area contributed by atoms with Gasteiger partial charge in [-0.25, -0.2) is 0 Å². The van der Waals surface area contributed by atoms with Crippen LogP contribution in [0.4, 0.5) is 0 Å². The molecule has 1 aromatic rings. The molecule has 4 heteroatoms. The van der Waals surface area contributed by atoms with Crippen LogP contribution in [0.25, 0.3) is 0 Å². The predicted molar refractivity (Wildman–Crippen MR) is 85.8 cm³/mol. The summed E-state index contributed by atoms with van der Waals surface area (Å²) < 4.78 is 5.85. The molecule has 0 radical (unpaired) electrons. The van der Waals surface area contributed by atoms with Crippen LogP contribution in [-0.4, -0.2) is 6.25 Å². The fourth-order valence-corrected chi connectivity index (χ4v) is 5.14. The molecule has 0 bridgehead atoms. The molecule has 0 spiro atoms. The molecule has 0 saturated heterocycles. The van der Waals surface area contributed by atoms with E-state index in [1.54, 1.807) is 0 Å². The second-order valence-electron chi connectivity index (χ2n) is 4.57. The van der Waals surface area contributed by atoms with Crippen LogP contribution in [0, 0.1) is 0 Å². The molecule has 18 heavy (non-hydrogen) atoms. The van der Waals surface area contributed by atoms with Crippen molar-refractivity contribution in [3.8, 4) is 5.75 Å². The zero-order chi connectivity index (χ0) is 13.3. The predicted octanol–water partition coefficient (Wildman–Crippen LogP) is 6.00. The lowest BCUT2D eigenvalue weighted by molar-refractivity contribution is 0.565. The second-order valence-corrected chi connectivity index (χ2v) is 13.6. The smallest absolute Gasteiger partial charge is 0.421 e. The minimum Gasteiger partial charge on any atom is -0.521 e. The third-order valence-corrected chi connectivity index (χ3v) is 6.78. The van der Waals surface area contributed by atoms with E-state index in [4.69, 9.17) is 15.5 Å². The van der Waals surface area contributed by atoms with Crippen molar-refractivity contribution in [2.75, 3.05) is 0 Å². The maximum atomic E-state index is 6.44. The van der Waals surface area contributed by atoms with Gasteiger partial charge in [0.1, 0.15) is 5.75 Å². The quantitative estimate of drug-likeness (QED) is 0.302. The van der Waals surface area contributed by atoms with Gasteiger partial charge in [-0.05, 0) is 12.1 Å². The van der Waals surface area contributed by atoms with E-state index < -0.39 is 6.25 Å². The van der Waals surface area contributed by atoms with Gasteiger partial charge in [0.2, 0.25) is 0 Å². The number of benzene rings is 1. The van der Waals surface area contributed by atoms with Gasteiger partial charge in [0, 0.05) is 6.04 Å². The molecule has 1 nitrogen and oxygen atoms in total. The molecule has 0 aliphatic rings. The zero-order valence-electron chi connectivity index (χ0n) is 11.0. The Morgan fingerprint density at radius 2 is 1.67 bits per heavy atom. The molecule has 0 aromatic heterocycles. The molecule has 1 atom stereocenters. The van der Waals surface area contributed by atoms with Crippen molar-refractivity contribution >= 4 is 32.6 Å². The number of halogens is 2. The molecule has 0 N–H and O–H groups in total. The zero-order valence-corrected chi connectivity index (χ0v) is 14.3. The SMILES string of the molecule is CCCCCCCC[Si](Cl)(Br)Oc1ccccc1. The summed E-state index contributed by atoms with van der Waals surface area (Å²) >= 11 is 10.0. The van der Waals surface area contributed by atoms with E-state index in [1.807, 2.05) is 30.3 Å². The summed E-state index contributed by atoms with van der Waals surface area (Å²) in [6, 6.07) is 10.8. The Balaban J connectivity index is 2.19. The van der Waals surface area contributed by atoms with Crippen LogP contribution in [0.5, 0.6) is 5.75 Å². The molecular formula is C14H22BrClOSi. The Labute approximate surface area is 124 Å². The van der Waals surface area contributed by atoms with Gasteiger partial charge in [0.05, 0.1) is 0 Å². The van der Waals surface area contributed by atoms with Crippen LogP contribution in [0.1, 0.15) is 45.4 Å². The van der Waals surface area contributed by atoms with Gasteiger partial charge in [-0.3, -0.25) is 0 Å². The standard InChI is InChI=1S/C14H22BrClOSi/c1-2-3-4-5-6-10-13-18(15,16)17-14-11-8-7-9-12-14/h7-9,11-12H,2-6,10,13H2,1H3. The summed E-state index contributed by atoms with van der Waals surface area (Å²) in [4.78, 5) is 0. The first-order valence-electron chi connectivity index (χ1n) is 6.76. The highest BCUT2D eigenvalue weighted by molar-refractivity contribution is 9.27. The van der Waals surface area contributed by atoms with Gasteiger partial charge in [-0.2, -0.15) is 0 Å². The average Bonchev–Trinajstić information content (AvgIpc) is 2.34. The first-order valence-corrected chi connectivity index (χ1v) is 12.1. The van der Waals surface area contributed by atoms with E-state index >= 15 is 0 Å². The van der Waals surface area contributed by atoms with E-state index in [-0.39, 0.29) is 0 Å². The minimum atomic E-state index is -2.23. The average molecular weight is 350 g/mol. The van der Waals surface area contributed by atoms with Crippen LogP contribution in [-0.2, 0) is 0 Å². The lowest BCUT2D eigenvalue weighted by atomic mass is 10.1. The molecular weight excluding hydrogens is 328 g/mol.